The topological polar surface area (TPSA) is 80.1 Å². The number of carbonyl (C=O) groups excluding carboxylic acids is 2. The van der Waals surface area contributed by atoms with E-state index in [1.807, 2.05) is 122 Å². The Kier molecular flexibility index (Phi) is 7.84. The molecule has 0 aliphatic carbocycles. The predicted molar refractivity (Wildman–Crippen MR) is 156 cm³/mol. The molecule has 0 aliphatic rings. The Morgan fingerprint density at radius 1 is 0.769 bits per heavy atom. The predicted octanol–water partition coefficient (Wildman–Crippen LogP) is 6.58. The molecular weight excluding hydrogens is 506 g/mol. The summed E-state index contributed by atoms with van der Waals surface area (Å²) in [5, 5.41) is 11.9. The van der Waals surface area contributed by atoms with E-state index < -0.39 is 5.25 Å². The maximum Gasteiger partial charge on any atom is 0.255 e. The Balaban J connectivity index is 1.30. The van der Waals surface area contributed by atoms with Gasteiger partial charge in [0.2, 0.25) is 5.91 Å². The second kappa shape index (κ2) is 11.8. The smallest absolute Gasteiger partial charge is 0.255 e. The molecule has 5 aromatic rings. The normalized spacial score (nSPS) is 11.5. The van der Waals surface area contributed by atoms with Crippen molar-refractivity contribution in [2.75, 3.05) is 10.2 Å². The lowest BCUT2D eigenvalue weighted by atomic mass is 10.1. The third-order valence-electron chi connectivity index (χ3n) is 6.15. The molecule has 0 aliphatic heterocycles. The summed E-state index contributed by atoms with van der Waals surface area (Å²) in [5.74, 6) is 0.445. The van der Waals surface area contributed by atoms with Crippen LogP contribution in [0.25, 0.3) is 11.4 Å². The fraction of sp³-hybridized carbons (Fsp3) is 0.0968. The van der Waals surface area contributed by atoms with Gasteiger partial charge in [-0.05, 0) is 67.6 Å². The van der Waals surface area contributed by atoms with Gasteiger partial charge in [0.05, 0.1) is 5.25 Å². The van der Waals surface area contributed by atoms with Crippen LogP contribution in [0.2, 0.25) is 0 Å². The van der Waals surface area contributed by atoms with Crippen LogP contribution < -0.4 is 10.2 Å². The van der Waals surface area contributed by atoms with Gasteiger partial charge in [-0.1, -0.05) is 66.4 Å². The van der Waals surface area contributed by atoms with Gasteiger partial charge in [-0.3, -0.25) is 14.5 Å². The first kappa shape index (κ1) is 25.9. The number of benzene rings is 4. The zero-order valence-corrected chi connectivity index (χ0v) is 22.4. The summed E-state index contributed by atoms with van der Waals surface area (Å²) in [6.45, 7) is 1.88. The first-order valence-electron chi connectivity index (χ1n) is 12.5. The lowest BCUT2D eigenvalue weighted by Gasteiger charge is -2.25. The first-order valence-corrected chi connectivity index (χ1v) is 13.4. The van der Waals surface area contributed by atoms with Crippen molar-refractivity contribution >= 4 is 40.6 Å². The van der Waals surface area contributed by atoms with Crippen LogP contribution in [0.4, 0.5) is 17.1 Å². The molecule has 39 heavy (non-hydrogen) atoms. The van der Waals surface area contributed by atoms with E-state index in [0.29, 0.717) is 22.2 Å². The molecule has 1 heterocycles. The Morgan fingerprint density at radius 2 is 1.31 bits per heavy atom. The van der Waals surface area contributed by atoms with Crippen molar-refractivity contribution < 1.29 is 9.59 Å². The monoisotopic (exact) mass is 533 g/mol. The largest absolute Gasteiger partial charge is 0.322 e. The zero-order valence-electron chi connectivity index (χ0n) is 21.6. The first-order chi connectivity index (χ1) is 19.0. The summed E-state index contributed by atoms with van der Waals surface area (Å²) < 4.78 is 1.88. The Bertz CT molecular complexity index is 1520. The number of carbonyl (C=O) groups is 2. The molecule has 2 amide bonds. The number of nitrogens with one attached hydrogen (secondary N) is 1. The molecular formula is C31H27N5O2S. The van der Waals surface area contributed by atoms with Crippen LogP contribution in [0.3, 0.4) is 0 Å². The van der Waals surface area contributed by atoms with Gasteiger partial charge in [-0.25, -0.2) is 0 Å². The molecule has 0 saturated heterocycles. The van der Waals surface area contributed by atoms with Gasteiger partial charge in [0.25, 0.3) is 5.91 Å². The van der Waals surface area contributed by atoms with Gasteiger partial charge in [-0.2, -0.15) is 0 Å². The minimum Gasteiger partial charge on any atom is -0.322 e. The van der Waals surface area contributed by atoms with Gasteiger partial charge in [0.15, 0.2) is 11.0 Å². The van der Waals surface area contributed by atoms with Crippen LogP contribution in [0.5, 0.6) is 0 Å². The SMILES string of the molecule is C[C@H](Sc1nnc(-c2ccc(NC(=O)c3ccccc3)cc2)n1C)C(=O)N(c1ccccc1)c1ccccc1. The van der Waals surface area contributed by atoms with E-state index in [1.165, 1.54) is 11.8 Å². The van der Waals surface area contributed by atoms with Gasteiger partial charge < -0.3 is 9.88 Å². The highest BCUT2D eigenvalue weighted by Crippen LogP contribution is 2.31. The number of aromatic nitrogens is 3. The van der Waals surface area contributed by atoms with Crippen molar-refractivity contribution in [1.82, 2.24) is 14.8 Å². The van der Waals surface area contributed by atoms with Gasteiger partial charge in [0, 0.05) is 35.2 Å². The second-order valence-electron chi connectivity index (χ2n) is 8.87. The fourth-order valence-electron chi connectivity index (χ4n) is 4.11. The van der Waals surface area contributed by atoms with Crippen molar-refractivity contribution in [1.29, 1.82) is 0 Å². The molecule has 4 aromatic carbocycles. The quantitative estimate of drug-likeness (QED) is 0.228. The molecule has 8 heteroatoms. The van der Waals surface area contributed by atoms with Crippen molar-refractivity contribution in [2.24, 2.45) is 7.05 Å². The number of rotatable bonds is 8. The van der Waals surface area contributed by atoms with Crippen LogP contribution in [0, 0.1) is 0 Å². The average molecular weight is 534 g/mol. The van der Waals surface area contributed by atoms with Crippen LogP contribution in [-0.2, 0) is 11.8 Å². The highest BCUT2D eigenvalue weighted by molar-refractivity contribution is 8.00. The standard InChI is InChI=1S/C31H27N5O2S/c1-22(30(38)36(26-14-8-4-9-15-26)27-16-10-5-11-17-27)39-31-34-33-28(35(31)2)23-18-20-25(21-19-23)32-29(37)24-12-6-3-7-13-24/h3-22H,1-2H3,(H,32,37)/t22-/m0/s1. The summed E-state index contributed by atoms with van der Waals surface area (Å²) >= 11 is 1.36. The fourth-order valence-corrected chi connectivity index (χ4v) is 4.97. The third kappa shape index (κ3) is 5.91. The highest BCUT2D eigenvalue weighted by Gasteiger charge is 2.26. The maximum atomic E-state index is 13.7. The number of amides is 2. The molecule has 5 rings (SSSR count). The molecule has 0 spiro atoms. The van der Waals surface area contributed by atoms with Gasteiger partial charge >= 0.3 is 0 Å². The molecule has 1 atom stereocenters. The van der Waals surface area contributed by atoms with Crippen molar-refractivity contribution in [2.45, 2.75) is 17.3 Å². The lowest BCUT2D eigenvalue weighted by Crippen LogP contribution is -2.33. The summed E-state index contributed by atoms with van der Waals surface area (Å²) in [4.78, 5) is 27.9. The third-order valence-corrected chi connectivity index (χ3v) is 7.27. The maximum absolute atomic E-state index is 13.7. The molecule has 0 saturated carbocycles. The van der Waals surface area contributed by atoms with Crippen LogP contribution in [0.15, 0.2) is 120 Å². The van der Waals surface area contributed by atoms with Crippen molar-refractivity contribution in [3.8, 4) is 11.4 Å². The Labute approximate surface area is 231 Å². The molecule has 0 unspecified atom stereocenters. The molecule has 0 bridgehead atoms. The molecule has 1 aromatic heterocycles. The summed E-state index contributed by atoms with van der Waals surface area (Å²) in [6, 6.07) is 35.8. The number of hydrogen-bond acceptors (Lipinski definition) is 5. The van der Waals surface area contributed by atoms with E-state index in [1.54, 1.807) is 17.0 Å². The summed E-state index contributed by atoms with van der Waals surface area (Å²) in [6.07, 6.45) is 0. The van der Waals surface area contributed by atoms with Gasteiger partial charge in [-0.15, -0.1) is 10.2 Å². The van der Waals surface area contributed by atoms with Crippen molar-refractivity contribution in [3.05, 3.63) is 121 Å². The minimum absolute atomic E-state index is 0.0551. The Hall–Kier alpha value is -4.69. The summed E-state index contributed by atoms with van der Waals surface area (Å²) in [5.41, 5.74) is 3.74. The molecule has 7 nitrogen and oxygen atoms in total. The average Bonchev–Trinajstić information content (AvgIpc) is 3.34. The van der Waals surface area contributed by atoms with E-state index in [9.17, 15) is 9.59 Å². The molecule has 0 fully saturated rings. The molecule has 0 radical (unpaired) electrons. The van der Waals surface area contributed by atoms with Crippen LogP contribution >= 0.6 is 11.8 Å². The number of anilines is 3. The minimum atomic E-state index is -0.420. The van der Waals surface area contributed by atoms with Crippen molar-refractivity contribution in [3.63, 3.8) is 0 Å². The number of hydrogen-bond donors (Lipinski definition) is 1. The van der Waals surface area contributed by atoms with E-state index >= 15 is 0 Å². The molecule has 1 N–H and O–H groups in total. The molecule has 194 valence electrons. The van der Waals surface area contributed by atoms with Crippen LogP contribution in [-0.4, -0.2) is 31.8 Å². The number of nitrogens with zero attached hydrogens (tertiary/aromatic N) is 4. The van der Waals surface area contributed by atoms with E-state index in [4.69, 9.17) is 0 Å². The zero-order chi connectivity index (χ0) is 27.2. The van der Waals surface area contributed by atoms with E-state index in [2.05, 4.69) is 15.5 Å². The highest BCUT2D eigenvalue weighted by atomic mass is 32.2. The van der Waals surface area contributed by atoms with Crippen LogP contribution in [0.1, 0.15) is 17.3 Å². The summed E-state index contributed by atoms with van der Waals surface area (Å²) in [7, 11) is 1.88. The second-order valence-corrected chi connectivity index (χ2v) is 10.2. The van der Waals surface area contributed by atoms with E-state index in [-0.39, 0.29) is 11.8 Å². The van der Waals surface area contributed by atoms with E-state index in [0.717, 1.165) is 16.9 Å². The Morgan fingerprint density at radius 3 is 1.87 bits per heavy atom. The lowest BCUT2D eigenvalue weighted by molar-refractivity contribution is -0.117. The number of para-hydroxylation sites is 2. The number of thioether (sulfide) groups is 1. The van der Waals surface area contributed by atoms with Gasteiger partial charge in [0.1, 0.15) is 0 Å².